The highest BCUT2D eigenvalue weighted by Gasteiger charge is 2.41. The number of nitrogen functional groups attached to an aromatic ring is 1. The van der Waals surface area contributed by atoms with E-state index in [1.54, 1.807) is 11.7 Å². The number of aromatic nitrogens is 2. The van der Waals surface area contributed by atoms with Crippen LogP contribution in [-0.2, 0) is 11.8 Å². The van der Waals surface area contributed by atoms with E-state index in [0.29, 0.717) is 24.6 Å². The standard InChI is InChI=1S/C12H18F3N5O2/c1-19-10(7(16)6-17-19)20-4-2-8(9(21)3-5-20)18-11(22)12(13,14)15/h6,8-9,21H,2-5,16H2,1H3,(H,18,22)/t8?,9-/m0/s1. The maximum atomic E-state index is 12.3. The lowest BCUT2D eigenvalue weighted by atomic mass is 10.1. The van der Waals surface area contributed by atoms with E-state index < -0.39 is 24.2 Å². The van der Waals surface area contributed by atoms with Crippen LogP contribution in [-0.4, -0.2) is 52.2 Å². The minimum Gasteiger partial charge on any atom is -0.394 e. The van der Waals surface area contributed by atoms with E-state index >= 15 is 0 Å². The molecule has 1 aliphatic rings. The van der Waals surface area contributed by atoms with Crippen LogP contribution in [0.25, 0.3) is 0 Å². The van der Waals surface area contributed by atoms with Crippen LogP contribution in [0.1, 0.15) is 12.8 Å². The quantitative estimate of drug-likeness (QED) is 0.713. The van der Waals surface area contributed by atoms with Gasteiger partial charge in [0.2, 0.25) is 0 Å². The number of carbonyl (C=O) groups is 1. The van der Waals surface area contributed by atoms with Gasteiger partial charge < -0.3 is 21.1 Å². The lowest BCUT2D eigenvalue weighted by molar-refractivity contribution is -0.175. The number of amides is 1. The molecule has 1 aromatic heterocycles. The number of carbonyl (C=O) groups excluding carboxylic acids is 1. The monoisotopic (exact) mass is 321 g/mol. The second-order valence-corrected chi connectivity index (χ2v) is 5.26. The Morgan fingerprint density at radius 3 is 2.64 bits per heavy atom. The molecule has 1 saturated heterocycles. The summed E-state index contributed by atoms with van der Waals surface area (Å²) in [5.74, 6) is -1.39. The Bertz CT molecular complexity index is 526. The van der Waals surface area contributed by atoms with Crippen molar-refractivity contribution in [2.75, 3.05) is 23.7 Å². The van der Waals surface area contributed by atoms with Crippen LogP contribution in [0.3, 0.4) is 0 Å². The number of aryl methyl sites for hydroxylation is 1. The molecule has 1 unspecified atom stereocenters. The first-order valence-electron chi connectivity index (χ1n) is 6.78. The van der Waals surface area contributed by atoms with Crippen molar-refractivity contribution in [1.82, 2.24) is 15.1 Å². The molecule has 124 valence electrons. The third kappa shape index (κ3) is 3.43. The molecule has 0 radical (unpaired) electrons. The van der Waals surface area contributed by atoms with Crippen molar-refractivity contribution in [3.8, 4) is 0 Å². The van der Waals surface area contributed by atoms with Gasteiger partial charge in [0, 0.05) is 20.1 Å². The fraction of sp³-hybridized carbons (Fsp3) is 0.667. The first-order valence-corrected chi connectivity index (χ1v) is 6.78. The first kappa shape index (κ1) is 16.4. The molecule has 1 fully saturated rings. The number of aliphatic hydroxyl groups is 1. The van der Waals surface area contributed by atoms with E-state index in [0.717, 1.165) is 0 Å². The van der Waals surface area contributed by atoms with Gasteiger partial charge in [-0.2, -0.15) is 18.3 Å². The molecule has 0 saturated carbocycles. The van der Waals surface area contributed by atoms with Gasteiger partial charge in [-0.25, -0.2) is 0 Å². The fourth-order valence-corrected chi connectivity index (χ4v) is 2.55. The van der Waals surface area contributed by atoms with Gasteiger partial charge in [-0.15, -0.1) is 0 Å². The summed E-state index contributed by atoms with van der Waals surface area (Å²) in [7, 11) is 1.70. The van der Waals surface area contributed by atoms with Gasteiger partial charge >= 0.3 is 12.1 Å². The van der Waals surface area contributed by atoms with E-state index in [1.807, 2.05) is 10.2 Å². The highest BCUT2D eigenvalue weighted by Crippen LogP contribution is 2.25. The molecule has 0 aromatic carbocycles. The summed E-state index contributed by atoms with van der Waals surface area (Å²) in [6.07, 6.45) is -4.13. The Kier molecular flexibility index (Phi) is 4.50. The number of nitrogens with two attached hydrogens (primary N) is 1. The van der Waals surface area contributed by atoms with Crippen LogP contribution in [0.2, 0.25) is 0 Å². The highest BCUT2D eigenvalue weighted by molar-refractivity contribution is 5.82. The average Bonchev–Trinajstić information content (AvgIpc) is 2.64. The number of halogens is 3. The zero-order chi connectivity index (χ0) is 16.5. The number of hydrogen-bond donors (Lipinski definition) is 3. The Hall–Kier alpha value is -1.97. The molecule has 0 spiro atoms. The summed E-state index contributed by atoms with van der Waals surface area (Å²) in [5, 5.41) is 15.8. The van der Waals surface area contributed by atoms with Crippen molar-refractivity contribution < 1.29 is 23.1 Å². The Morgan fingerprint density at radius 2 is 2.09 bits per heavy atom. The third-order valence-corrected chi connectivity index (χ3v) is 3.68. The summed E-state index contributed by atoms with van der Waals surface area (Å²) in [5.41, 5.74) is 6.28. The van der Waals surface area contributed by atoms with Gasteiger partial charge in [0.1, 0.15) is 5.82 Å². The number of nitrogens with zero attached hydrogens (tertiary/aromatic N) is 3. The number of anilines is 2. The molecule has 0 aliphatic carbocycles. The summed E-state index contributed by atoms with van der Waals surface area (Å²) in [4.78, 5) is 12.9. The van der Waals surface area contributed by atoms with Crippen LogP contribution >= 0.6 is 0 Å². The second-order valence-electron chi connectivity index (χ2n) is 5.26. The molecule has 2 rings (SSSR count). The highest BCUT2D eigenvalue weighted by atomic mass is 19.4. The van der Waals surface area contributed by atoms with Crippen molar-refractivity contribution in [3.63, 3.8) is 0 Å². The zero-order valence-electron chi connectivity index (χ0n) is 12.0. The fourth-order valence-electron chi connectivity index (χ4n) is 2.55. The Balaban J connectivity index is 2.06. The third-order valence-electron chi connectivity index (χ3n) is 3.68. The van der Waals surface area contributed by atoms with Crippen molar-refractivity contribution in [3.05, 3.63) is 6.20 Å². The summed E-state index contributed by atoms with van der Waals surface area (Å²) >= 11 is 0. The van der Waals surface area contributed by atoms with Gasteiger partial charge in [-0.3, -0.25) is 9.48 Å². The minimum absolute atomic E-state index is 0.174. The van der Waals surface area contributed by atoms with Crippen molar-refractivity contribution in [2.45, 2.75) is 31.2 Å². The summed E-state index contributed by atoms with van der Waals surface area (Å²) in [6, 6.07) is -0.950. The van der Waals surface area contributed by atoms with Gasteiger partial charge in [0.15, 0.2) is 0 Å². The van der Waals surface area contributed by atoms with Gasteiger partial charge in [-0.1, -0.05) is 0 Å². The van der Waals surface area contributed by atoms with Crippen LogP contribution in [0.15, 0.2) is 6.20 Å². The average molecular weight is 321 g/mol. The van der Waals surface area contributed by atoms with E-state index in [9.17, 15) is 23.1 Å². The number of nitrogens with one attached hydrogen (secondary N) is 1. The summed E-state index contributed by atoms with van der Waals surface area (Å²) in [6.45, 7) is 0.757. The Labute approximate surface area is 124 Å². The molecule has 1 aromatic rings. The maximum Gasteiger partial charge on any atom is 0.471 e. The largest absolute Gasteiger partial charge is 0.471 e. The van der Waals surface area contributed by atoms with Gasteiger partial charge in [0.25, 0.3) is 0 Å². The second kappa shape index (κ2) is 6.03. The molecule has 2 atom stereocenters. The molecular weight excluding hydrogens is 303 g/mol. The normalized spacial score (nSPS) is 23.2. The number of rotatable bonds is 2. The summed E-state index contributed by atoms with van der Waals surface area (Å²) < 4.78 is 38.5. The van der Waals surface area contributed by atoms with Crippen LogP contribution in [0, 0.1) is 0 Å². The zero-order valence-corrected chi connectivity index (χ0v) is 12.0. The van der Waals surface area contributed by atoms with E-state index in [2.05, 4.69) is 5.10 Å². The molecule has 10 heteroatoms. The van der Waals surface area contributed by atoms with Crippen molar-refractivity contribution >= 4 is 17.4 Å². The number of alkyl halides is 3. The van der Waals surface area contributed by atoms with Gasteiger partial charge in [0.05, 0.1) is 24.0 Å². The molecule has 7 nitrogen and oxygen atoms in total. The van der Waals surface area contributed by atoms with E-state index in [1.165, 1.54) is 6.20 Å². The topological polar surface area (TPSA) is 96.4 Å². The lowest BCUT2D eigenvalue weighted by Gasteiger charge is -2.23. The van der Waals surface area contributed by atoms with Crippen LogP contribution in [0.4, 0.5) is 24.7 Å². The van der Waals surface area contributed by atoms with Crippen molar-refractivity contribution in [2.24, 2.45) is 7.05 Å². The first-order chi connectivity index (χ1) is 10.2. The maximum absolute atomic E-state index is 12.3. The molecule has 1 aliphatic heterocycles. The Morgan fingerprint density at radius 1 is 1.45 bits per heavy atom. The van der Waals surface area contributed by atoms with Crippen LogP contribution in [0.5, 0.6) is 0 Å². The predicted molar refractivity (Wildman–Crippen MR) is 73.1 cm³/mol. The molecule has 4 N–H and O–H groups in total. The molecule has 1 amide bonds. The van der Waals surface area contributed by atoms with E-state index in [-0.39, 0.29) is 12.8 Å². The number of hydrogen-bond acceptors (Lipinski definition) is 5. The molecule has 22 heavy (non-hydrogen) atoms. The minimum atomic E-state index is -4.96. The van der Waals surface area contributed by atoms with Gasteiger partial charge in [-0.05, 0) is 12.8 Å². The van der Waals surface area contributed by atoms with E-state index in [4.69, 9.17) is 5.73 Å². The lowest BCUT2D eigenvalue weighted by Crippen LogP contribution is -2.48. The van der Waals surface area contributed by atoms with Crippen molar-refractivity contribution in [1.29, 1.82) is 0 Å². The molecule has 2 heterocycles. The van der Waals surface area contributed by atoms with Crippen LogP contribution < -0.4 is 16.0 Å². The molecular formula is C12H18F3N5O2. The molecule has 0 bridgehead atoms. The smallest absolute Gasteiger partial charge is 0.394 e. The SMILES string of the molecule is Cn1ncc(N)c1N1CCC(NC(=O)C(F)(F)F)[C@@H](O)CC1. The number of aliphatic hydroxyl groups excluding tert-OH is 1. The predicted octanol–water partition coefficient (Wildman–Crippen LogP) is 0.0105.